The van der Waals surface area contributed by atoms with Crippen LogP contribution in [0.2, 0.25) is 0 Å². The maximum Gasteiger partial charge on any atom is 0.0679 e. The van der Waals surface area contributed by atoms with Crippen molar-refractivity contribution in [2.75, 3.05) is 18.4 Å². The molecule has 1 aliphatic heterocycles. The van der Waals surface area contributed by atoms with E-state index in [0.717, 1.165) is 38.3 Å². The van der Waals surface area contributed by atoms with Gasteiger partial charge in [0, 0.05) is 41.6 Å². The Bertz CT molecular complexity index is 674. The van der Waals surface area contributed by atoms with Crippen LogP contribution in [-0.4, -0.2) is 29.2 Å². The molecule has 1 fully saturated rings. The van der Waals surface area contributed by atoms with Crippen LogP contribution >= 0.6 is 11.3 Å². The highest BCUT2D eigenvalue weighted by molar-refractivity contribution is 7.12. The second-order valence-corrected chi connectivity index (χ2v) is 8.92. The molecule has 24 heavy (non-hydrogen) atoms. The zero-order valence-electron chi connectivity index (χ0n) is 14.9. The standard InChI is InChI=1S/C20H28N2OS/c1-20(2,3)19-8-7-18(24-19)12-21-16-6-4-5-15(11-16)13-22-10-9-17(23)14-22/h4-8,11,17,21,23H,9-10,12-14H2,1-3H3. The molecule has 2 N–H and O–H groups in total. The summed E-state index contributed by atoms with van der Waals surface area (Å²) in [6, 6.07) is 13.1. The molecule has 1 aromatic carbocycles. The quantitative estimate of drug-likeness (QED) is 0.852. The number of likely N-dealkylation sites (tertiary alicyclic amines) is 1. The van der Waals surface area contributed by atoms with Gasteiger partial charge in [-0.1, -0.05) is 32.9 Å². The third kappa shape index (κ3) is 4.59. The Morgan fingerprint density at radius 2 is 2.08 bits per heavy atom. The highest BCUT2D eigenvalue weighted by Gasteiger charge is 2.20. The fourth-order valence-electron chi connectivity index (χ4n) is 3.06. The van der Waals surface area contributed by atoms with Crippen LogP contribution in [0.4, 0.5) is 5.69 Å². The van der Waals surface area contributed by atoms with Crippen molar-refractivity contribution in [3.63, 3.8) is 0 Å². The summed E-state index contributed by atoms with van der Waals surface area (Å²) in [6.07, 6.45) is 0.744. The van der Waals surface area contributed by atoms with Crippen LogP contribution in [0.1, 0.15) is 42.5 Å². The first-order chi connectivity index (χ1) is 11.4. The van der Waals surface area contributed by atoms with E-state index in [1.807, 2.05) is 11.3 Å². The predicted octanol–water partition coefficient (Wildman–Crippen LogP) is 4.22. The topological polar surface area (TPSA) is 35.5 Å². The van der Waals surface area contributed by atoms with Crippen LogP contribution < -0.4 is 5.32 Å². The number of aliphatic hydroxyl groups excluding tert-OH is 1. The molecule has 1 saturated heterocycles. The lowest BCUT2D eigenvalue weighted by Gasteiger charge is -2.16. The number of hydrogen-bond donors (Lipinski definition) is 2. The first kappa shape index (κ1) is 17.5. The van der Waals surface area contributed by atoms with Gasteiger partial charge in [-0.3, -0.25) is 4.90 Å². The molecule has 130 valence electrons. The lowest BCUT2D eigenvalue weighted by molar-refractivity contribution is 0.175. The molecule has 0 saturated carbocycles. The van der Waals surface area contributed by atoms with Crippen molar-refractivity contribution in [2.45, 2.75) is 51.8 Å². The third-order valence-electron chi connectivity index (χ3n) is 4.45. The second kappa shape index (κ2) is 7.26. The highest BCUT2D eigenvalue weighted by Crippen LogP contribution is 2.29. The molecule has 3 rings (SSSR count). The van der Waals surface area contributed by atoms with Gasteiger partial charge in [-0.05, 0) is 41.7 Å². The molecule has 1 aliphatic rings. The van der Waals surface area contributed by atoms with Gasteiger partial charge in [-0.2, -0.15) is 0 Å². The molecule has 0 spiro atoms. The average molecular weight is 345 g/mol. The number of hydrogen-bond acceptors (Lipinski definition) is 4. The van der Waals surface area contributed by atoms with E-state index in [2.05, 4.69) is 67.4 Å². The van der Waals surface area contributed by atoms with Crippen molar-refractivity contribution < 1.29 is 5.11 Å². The number of β-amino-alcohol motifs (C(OH)–C–C–N with tert-alkyl or cyclic N) is 1. The van der Waals surface area contributed by atoms with E-state index in [9.17, 15) is 5.11 Å². The monoisotopic (exact) mass is 344 g/mol. The first-order valence-electron chi connectivity index (χ1n) is 8.72. The fraction of sp³-hybridized carbons (Fsp3) is 0.500. The second-order valence-electron chi connectivity index (χ2n) is 7.75. The Balaban J connectivity index is 1.57. The summed E-state index contributed by atoms with van der Waals surface area (Å²) in [5.74, 6) is 0. The Labute approximate surface area is 149 Å². The predicted molar refractivity (Wildman–Crippen MR) is 103 cm³/mol. The smallest absolute Gasteiger partial charge is 0.0679 e. The number of thiophene rings is 1. The summed E-state index contributed by atoms with van der Waals surface area (Å²) in [6.45, 7) is 10.3. The van der Waals surface area contributed by atoms with Crippen molar-refractivity contribution in [1.82, 2.24) is 4.90 Å². The maximum atomic E-state index is 9.65. The molecule has 2 aromatic rings. The van der Waals surface area contributed by atoms with Gasteiger partial charge < -0.3 is 10.4 Å². The minimum atomic E-state index is -0.151. The third-order valence-corrected chi connectivity index (χ3v) is 5.96. The van der Waals surface area contributed by atoms with Crippen LogP contribution in [0.25, 0.3) is 0 Å². The summed E-state index contributed by atoms with van der Waals surface area (Å²) in [5.41, 5.74) is 2.69. The number of rotatable bonds is 5. The van der Waals surface area contributed by atoms with Gasteiger partial charge in [-0.15, -0.1) is 11.3 Å². The molecule has 4 heteroatoms. The van der Waals surface area contributed by atoms with Gasteiger partial charge in [0.1, 0.15) is 0 Å². The van der Waals surface area contributed by atoms with Crippen LogP contribution in [0, 0.1) is 0 Å². The van der Waals surface area contributed by atoms with E-state index in [-0.39, 0.29) is 11.5 Å². The number of benzene rings is 1. The highest BCUT2D eigenvalue weighted by atomic mass is 32.1. The Hall–Kier alpha value is -1.36. The Morgan fingerprint density at radius 3 is 2.75 bits per heavy atom. The van der Waals surface area contributed by atoms with Gasteiger partial charge in [0.05, 0.1) is 6.10 Å². The van der Waals surface area contributed by atoms with Gasteiger partial charge >= 0.3 is 0 Å². The van der Waals surface area contributed by atoms with Gasteiger partial charge in [0.2, 0.25) is 0 Å². The van der Waals surface area contributed by atoms with Crippen LogP contribution in [-0.2, 0) is 18.5 Å². The summed E-state index contributed by atoms with van der Waals surface area (Å²) in [5, 5.41) is 13.2. The summed E-state index contributed by atoms with van der Waals surface area (Å²) < 4.78 is 0. The van der Waals surface area contributed by atoms with Crippen LogP contribution in [0.5, 0.6) is 0 Å². The van der Waals surface area contributed by atoms with Crippen molar-refractivity contribution in [2.24, 2.45) is 0 Å². The number of anilines is 1. The summed E-state index contributed by atoms with van der Waals surface area (Å²) >= 11 is 1.89. The molecule has 1 aromatic heterocycles. The molecular weight excluding hydrogens is 316 g/mol. The van der Waals surface area contributed by atoms with Crippen molar-refractivity contribution in [3.8, 4) is 0 Å². The molecule has 1 unspecified atom stereocenters. The molecule has 2 heterocycles. The summed E-state index contributed by atoms with van der Waals surface area (Å²) in [7, 11) is 0. The largest absolute Gasteiger partial charge is 0.392 e. The summed E-state index contributed by atoms with van der Waals surface area (Å²) in [4.78, 5) is 5.12. The van der Waals surface area contributed by atoms with Gasteiger partial charge in [0.15, 0.2) is 0 Å². The van der Waals surface area contributed by atoms with Gasteiger partial charge in [-0.25, -0.2) is 0 Å². The minimum absolute atomic E-state index is 0.151. The minimum Gasteiger partial charge on any atom is -0.392 e. The molecule has 0 amide bonds. The molecule has 0 aliphatic carbocycles. The first-order valence-corrected chi connectivity index (χ1v) is 9.54. The number of nitrogens with zero attached hydrogens (tertiary/aromatic N) is 1. The molecule has 0 radical (unpaired) electrons. The van der Waals surface area contributed by atoms with E-state index in [1.54, 1.807) is 0 Å². The lowest BCUT2D eigenvalue weighted by Crippen LogP contribution is -2.21. The normalized spacial score (nSPS) is 18.9. The van der Waals surface area contributed by atoms with Crippen molar-refractivity contribution in [3.05, 3.63) is 51.7 Å². The average Bonchev–Trinajstić information content (AvgIpc) is 3.14. The van der Waals surface area contributed by atoms with E-state index >= 15 is 0 Å². The zero-order valence-corrected chi connectivity index (χ0v) is 15.7. The number of nitrogens with one attached hydrogen (secondary N) is 1. The maximum absolute atomic E-state index is 9.65. The van der Waals surface area contributed by atoms with E-state index in [0.29, 0.717) is 0 Å². The Kier molecular flexibility index (Phi) is 5.28. The number of aliphatic hydroxyl groups is 1. The van der Waals surface area contributed by atoms with Gasteiger partial charge in [0.25, 0.3) is 0 Å². The molecule has 1 atom stereocenters. The van der Waals surface area contributed by atoms with Crippen LogP contribution in [0.15, 0.2) is 36.4 Å². The van der Waals surface area contributed by atoms with Crippen molar-refractivity contribution in [1.29, 1.82) is 0 Å². The molecular formula is C20H28N2OS. The molecule has 0 bridgehead atoms. The van der Waals surface area contributed by atoms with E-state index in [4.69, 9.17) is 0 Å². The SMILES string of the molecule is CC(C)(C)c1ccc(CNc2cccc(CN3CCC(O)C3)c2)s1. The van der Waals surface area contributed by atoms with Crippen LogP contribution in [0.3, 0.4) is 0 Å². The Morgan fingerprint density at radius 1 is 1.25 bits per heavy atom. The fourth-order valence-corrected chi connectivity index (χ4v) is 4.06. The molecule has 3 nitrogen and oxygen atoms in total. The van der Waals surface area contributed by atoms with E-state index in [1.165, 1.54) is 15.3 Å². The van der Waals surface area contributed by atoms with E-state index < -0.39 is 0 Å². The van der Waals surface area contributed by atoms with Crippen molar-refractivity contribution >= 4 is 17.0 Å². The lowest BCUT2D eigenvalue weighted by atomic mass is 9.95. The zero-order chi connectivity index (χ0) is 17.2.